The van der Waals surface area contributed by atoms with E-state index in [1.807, 2.05) is 6.92 Å². The minimum Gasteiger partial charge on any atom is -0.479 e. The highest BCUT2D eigenvalue weighted by Crippen LogP contribution is 2.66. The van der Waals surface area contributed by atoms with Crippen LogP contribution in [0.15, 0.2) is 0 Å². The molecule has 1 N–H and O–H groups in total. The summed E-state index contributed by atoms with van der Waals surface area (Å²) in [5, 5.41) is 8.89. The first-order valence-corrected chi connectivity index (χ1v) is 6.63. The van der Waals surface area contributed by atoms with Gasteiger partial charge in [-0.15, -0.1) is 0 Å². The van der Waals surface area contributed by atoms with Crippen molar-refractivity contribution in [3.63, 3.8) is 0 Å². The summed E-state index contributed by atoms with van der Waals surface area (Å²) in [6.07, 6.45) is 5.67. The predicted octanol–water partition coefficient (Wildman–Crippen LogP) is 2.39. The maximum atomic E-state index is 14.0. The third-order valence-corrected chi connectivity index (χ3v) is 4.99. The molecule has 3 fully saturated rings. The van der Waals surface area contributed by atoms with Crippen LogP contribution >= 0.6 is 0 Å². The molecule has 96 valence electrons. The van der Waals surface area contributed by atoms with Crippen molar-refractivity contribution in [1.29, 1.82) is 0 Å². The Morgan fingerprint density at radius 3 is 2.53 bits per heavy atom. The molecule has 3 rings (SSSR count). The SMILES string of the molecule is CC1C(OC2CCCC2)CC2[C@H]1[C@@]2(F)C(=O)O. The smallest absolute Gasteiger partial charge is 0.342 e. The maximum absolute atomic E-state index is 14.0. The summed E-state index contributed by atoms with van der Waals surface area (Å²) in [5.74, 6) is -1.85. The van der Waals surface area contributed by atoms with Gasteiger partial charge in [-0.2, -0.15) is 0 Å². The van der Waals surface area contributed by atoms with Crippen molar-refractivity contribution >= 4 is 5.97 Å². The van der Waals surface area contributed by atoms with Crippen molar-refractivity contribution in [3.05, 3.63) is 0 Å². The summed E-state index contributed by atoms with van der Waals surface area (Å²) < 4.78 is 20.0. The number of hydrogen-bond donors (Lipinski definition) is 1. The quantitative estimate of drug-likeness (QED) is 0.826. The molecule has 0 aromatic carbocycles. The number of alkyl halides is 1. The molecule has 0 saturated heterocycles. The molecule has 3 aliphatic rings. The number of ether oxygens (including phenoxy) is 1. The number of hydrogen-bond acceptors (Lipinski definition) is 2. The van der Waals surface area contributed by atoms with E-state index in [0.29, 0.717) is 12.5 Å². The normalized spacial score (nSPS) is 49.3. The van der Waals surface area contributed by atoms with E-state index in [2.05, 4.69) is 0 Å². The van der Waals surface area contributed by atoms with Crippen molar-refractivity contribution < 1.29 is 19.0 Å². The molecular weight excluding hydrogens is 223 g/mol. The molecule has 5 atom stereocenters. The topological polar surface area (TPSA) is 46.5 Å². The lowest BCUT2D eigenvalue weighted by Crippen LogP contribution is -2.33. The van der Waals surface area contributed by atoms with E-state index in [0.717, 1.165) is 12.8 Å². The molecule has 0 spiro atoms. The van der Waals surface area contributed by atoms with E-state index in [-0.39, 0.29) is 23.9 Å². The molecule has 0 aromatic heterocycles. The van der Waals surface area contributed by atoms with Crippen molar-refractivity contribution in [1.82, 2.24) is 0 Å². The van der Waals surface area contributed by atoms with Gasteiger partial charge in [0.05, 0.1) is 12.2 Å². The van der Waals surface area contributed by atoms with E-state index in [9.17, 15) is 9.18 Å². The molecule has 17 heavy (non-hydrogen) atoms. The fourth-order valence-corrected chi connectivity index (χ4v) is 3.97. The van der Waals surface area contributed by atoms with Crippen LogP contribution in [-0.4, -0.2) is 29.0 Å². The minimum atomic E-state index is -1.95. The van der Waals surface area contributed by atoms with E-state index < -0.39 is 11.6 Å². The molecule has 0 heterocycles. The number of fused-ring (bicyclic) bond motifs is 1. The third kappa shape index (κ3) is 1.53. The van der Waals surface area contributed by atoms with Gasteiger partial charge in [-0.25, -0.2) is 9.18 Å². The Hall–Kier alpha value is -0.640. The van der Waals surface area contributed by atoms with Gasteiger partial charge in [0.25, 0.3) is 0 Å². The Morgan fingerprint density at radius 1 is 1.41 bits per heavy atom. The molecule has 4 heteroatoms. The van der Waals surface area contributed by atoms with Gasteiger partial charge in [0.1, 0.15) is 0 Å². The van der Waals surface area contributed by atoms with Gasteiger partial charge in [-0.1, -0.05) is 19.8 Å². The molecule has 3 nitrogen and oxygen atoms in total. The fraction of sp³-hybridized carbons (Fsp3) is 0.923. The molecule has 3 unspecified atom stereocenters. The predicted molar refractivity (Wildman–Crippen MR) is 59.4 cm³/mol. The number of carboxylic acids is 1. The number of aliphatic carboxylic acids is 1. The van der Waals surface area contributed by atoms with Crippen molar-refractivity contribution in [2.45, 2.75) is 56.9 Å². The van der Waals surface area contributed by atoms with Gasteiger partial charge in [-0.05, 0) is 25.2 Å². The average molecular weight is 242 g/mol. The van der Waals surface area contributed by atoms with Gasteiger partial charge in [-0.3, -0.25) is 0 Å². The summed E-state index contributed by atoms with van der Waals surface area (Å²) in [4.78, 5) is 10.9. The summed E-state index contributed by atoms with van der Waals surface area (Å²) in [5.41, 5.74) is -1.95. The zero-order chi connectivity index (χ0) is 12.2. The Labute approximate surface area is 100 Å². The van der Waals surface area contributed by atoms with Crippen molar-refractivity contribution in [3.8, 4) is 0 Å². The van der Waals surface area contributed by atoms with Gasteiger partial charge < -0.3 is 9.84 Å². The Kier molecular flexibility index (Phi) is 2.47. The number of carboxylic acid groups (broad SMARTS) is 1. The molecule has 0 bridgehead atoms. The summed E-state index contributed by atoms with van der Waals surface area (Å²) in [6, 6.07) is 0. The van der Waals surface area contributed by atoms with Gasteiger partial charge >= 0.3 is 5.97 Å². The number of carbonyl (C=O) groups is 1. The van der Waals surface area contributed by atoms with Crippen LogP contribution < -0.4 is 0 Å². The first kappa shape index (κ1) is 11.5. The zero-order valence-electron chi connectivity index (χ0n) is 10.1. The summed E-state index contributed by atoms with van der Waals surface area (Å²) in [6.45, 7) is 1.94. The van der Waals surface area contributed by atoms with Crippen LogP contribution in [0.1, 0.15) is 39.0 Å². The third-order valence-electron chi connectivity index (χ3n) is 4.99. The Bertz CT molecular complexity index is 340. The number of rotatable bonds is 3. The lowest BCUT2D eigenvalue weighted by Gasteiger charge is -2.25. The monoisotopic (exact) mass is 242 g/mol. The molecule has 3 saturated carbocycles. The maximum Gasteiger partial charge on any atom is 0.342 e. The Morgan fingerprint density at radius 2 is 2.06 bits per heavy atom. The van der Waals surface area contributed by atoms with Crippen molar-refractivity contribution in [2.24, 2.45) is 17.8 Å². The fourth-order valence-electron chi connectivity index (χ4n) is 3.97. The molecule has 0 aliphatic heterocycles. The molecule has 0 aromatic rings. The molecule has 3 aliphatic carbocycles. The molecular formula is C13H19FO3. The second kappa shape index (κ2) is 3.67. The summed E-state index contributed by atoms with van der Waals surface area (Å²) in [7, 11) is 0. The zero-order valence-corrected chi connectivity index (χ0v) is 10.1. The van der Waals surface area contributed by atoms with E-state index in [4.69, 9.17) is 9.84 Å². The van der Waals surface area contributed by atoms with Crippen LogP contribution in [0.2, 0.25) is 0 Å². The largest absolute Gasteiger partial charge is 0.479 e. The van der Waals surface area contributed by atoms with Crippen LogP contribution in [-0.2, 0) is 9.53 Å². The highest BCUT2D eigenvalue weighted by atomic mass is 19.1. The average Bonchev–Trinajstić information content (AvgIpc) is 2.69. The lowest BCUT2D eigenvalue weighted by molar-refractivity contribution is -0.148. The van der Waals surface area contributed by atoms with Gasteiger partial charge in [0, 0.05) is 11.8 Å². The van der Waals surface area contributed by atoms with Gasteiger partial charge in [0.2, 0.25) is 5.67 Å². The second-order valence-corrected chi connectivity index (χ2v) is 5.88. The van der Waals surface area contributed by atoms with Crippen LogP contribution in [0.5, 0.6) is 0 Å². The van der Waals surface area contributed by atoms with E-state index >= 15 is 0 Å². The van der Waals surface area contributed by atoms with Crippen LogP contribution in [0.3, 0.4) is 0 Å². The first-order chi connectivity index (χ1) is 8.05. The van der Waals surface area contributed by atoms with Crippen LogP contribution in [0.25, 0.3) is 0 Å². The number of halogens is 1. The minimum absolute atomic E-state index is 0.0432. The standard InChI is InChI=1S/C13H19FO3/c1-7-10(17-8-4-2-3-5-8)6-9-11(7)13(9,14)12(15)16/h7-11H,2-6H2,1H3,(H,15,16)/t7?,9?,10?,11-,13+/m0/s1. The molecule has 0 amide bonds. The lowest BCUT2D eigenvalue weighted by atomic mass is 9.97. The van der Waals surface area contributed by atoms with E-state index in [1.165, 1.54) is 12.8 Å². The van der Waals surface area contributed by atoms with E-state index in [1.54, 1.807) is 0 Å². The highest BCUT2D eigenvalue weighted by molar-refractivity contribution is 5.83. The highest BCUT2D eigenvalue weighted by Gasteiger charge is 2.77. The van der Waals surface area contributed by atoms with Gasteiger partial charge in [0.15, 0.2) is 0 Å². The Balaban J connectivity index is 1.61. The summed E-state index contributed by atoms with van der Waals surface area (Å²) >= 11 is 0. The van der Waals surface area contributed by atoms with Crippen LogP contribution in [0.4, 0.5) is 4.39 Å². The first-order valence-electron chi connectivity index (χ1n) is 6.63. The molecule has 0 radical (unpaired) electrons. The van der Waals surface area contributed by atoms with Crippen LogP contribution in [0, 0.1) is 17.8 Å². The van der Waals surface area contributed by atoms with Crippen molar-refractivity contribution in [2.75, 3.05) is 0 Å². The second-order valence-electron chi connectivity index (χ2n) is 5.88.